The van der Waals surface area contributed by atoms with E-state index in [9.17, 15) is 13.2 Å². The van der Waals surface area contributed by atoms with Gasteiger partial charge in [0.15, 0.2) is 9.84 Å². The molecule has 2 aromatic rings. The second-order valence-electron chi connectivity index (χ2n) is 6.70. The zero-order valence-electron chi connectivity index (χ0n) is 15.0. The molecule has 1 saturated heterocycles. The van der Waals surface area contributed by atoms with Crippen molar-refractivity contribution in [1.82, 2.24) is 9.97 Å². The summed E-state index contributed by atoms with van der Waals surface area (Å²) in [5.41, 5.74) is 2.99. The van der Waals surface area contributed by atoms with Crippen molar-refractivity contribution in [2.75, 3.05) is 22.1 Å². The van der Waals surface area contributed by atoms with Crippen LogP contribution in [0.5, 0.6) is 0 Å². The van der Waals surface area contributed by atoms with Gasteiger partial charge in [0.05, 0.1) is 11.5 Å². The quantitative estimate of drug-likeness (QED) is 0.851. The third kappa shape index (κ3) is 4.37. The van der Waals surface area contributed by atoms with Gasteiger partial charge in [-0.15, -0.1) is 0 Å². The number of carbonyl (C=O) groups is 1. The predicted molar refractivity (Wildman–Crippen MR) is 101 cm³/mol. The molecule has 3 rings (SSSR count). The summed E-state index contributed by atoms with van der Waals surface area (Å²) in [4.78, 5) is 21.1. The smallest absolute Gasteiger partial charge is 0.274 e. The number of nitrogens with zero attached hydrogens (tertiary/aromatic N) is 2. The molecule has 1 atom stereocenters. The van der Waals surface area contributed by atoms with E-state index in [1.165, 1.54) is 0 Å². The molecule has 0 spiro atoms. The van der Waals surface area contributed by atoms with Crippen molar-refractivity contribution in [3.63, 3.8) is 0 Å². The molecular weight excluding hydrogens is 352 g/mol. The molecule has 8 heteroatoms. The fraction of sp³-hybridized carbons (Fsp3) is 0.389. The standard InChI is InChI=1S/C18H22N4O3S/c1-11-4-5-12(2)15(8-11)22-18(23)16-9-17(20-13(3)19-16)21-14-6-7-26(24,25)10-14/h4-5,8-9,14H,6-7,10H2,1-3H3,(H,22,23)(H,19,20,21). The highest BCUT2D eigenvalue weighted by molar-refractivity contribution is 7.91. The molecule has 26 heavy (non-hydrogen) atoms. The summed E-state index contributed by atoms with van der Waals surface area (Å²) in [5, 5.41) is 5.98. The van der Waals surface area contributed by atoms with Crippen molar-refractivity contribution >= 4 is 27.2 Å². The minimum atomic E-state index is -2.99. The summed E-state index contributed by atoms with van der Waals surface area (Å²) in [7, 11) is -2.99. The summed E-state index contributed by atoms with van der Waals surface area (Å²) < 4.78 is 23.2. The number of nitrogens with one attached hydrogen (secondary N) is 2. The fourth-order valence-corrected chi connectivity index (χ4v) is 4.61. The van der Waals surface area contributed by atoms with Gasteiger partial charge in [-0.25, -0.2) is 18.4 Å². The zero-order chi connectivity index (χ0) is 18.9. The number of hydrogen-bond acceptors (Lipinski definition) is 6. The Bertz CT molecular complexity index is 957. The van der Waals surface area contributed by atoms with Gasteiger partial charge in [-0.3, -0.25) is 4.79 Å². The molecule has 1 aliphatic rings. The first-order chi connectivity index (χ1) is 12.2. The van der Waals surface area contributed by atoms with Crippen molar-refractivity contribution in [2.45, 2.75) is 33.2 Å². The first kappa shape index (κ1) is 18.3. The van der Waals surface area contributed by atoms with Gasteiger partial charge in [0.2, 0.25) is 0 Å². The first-order valence-electron chi connectivity index (χ1n) is 8.43. The lowest BCUT2D eigenvalue weighted by atomic mass is 10.1. The van der Waals surface area contributed by atoms with E-state index in [4.69, 9.17) is 0 Å². The number of hydrogen-bond donors (Lipinski definition) is 2. The average Bonchev–Trinajstić information content (AvgIpc) is 2.89. The Morgan fingerprint density at radius 1 is 1.15 bits per heavy atom. The van der Waals surface area contributed by atoms with Gasteiger partial charge in [-0.2, -0.15) is 0 Å². The van der Waals surface area contributed by atoms with Gasteiger partial charge in [0, 0.05) is 17.8 Å². The number of rotatable bonds is 4. The Morgan fingerprint density at radius 3 is 2.62 bits per heavy atom. The molecule has 0 bridgehead atoms. The molecular formula is C18H22N4O3S. The first-order valence-corrected chi connectivity index (χ1v) is 10.3. The van der Waals surface area contributed by atoms with Crippen LogP contribution in [0.4, 0.5) is 11.5 Å². The van der Waals surface area contributed by atoms with E-state index in [2.05, 4.69) is 20.6 Å². The zero-order valence-corrected chi connectivity index (χ0v) is 15.9. The Kier molecular flexibility index (Phi) is 4.95. The fourth-order valence-electron chi connectivity index (χ4n) is 2.93. The topological polar surface area (TPSA) is 101 Å². The highest BCUT2D eigenvalue weighted by Crippen LogP contribution is 2.19. The summed E-state index contributed by atoms with van der Waals surface area (Å²) >= 11 is 0. The number of amides is 1. The van der Waals surface area contributed by atoms with Crippen LogP contribution in [0.3, 0.4) is 0 Å². The van der Waals surface area contributed by atoms with Crippen LogP contribution < -0.4 is 10.6 Å². The summed E-state index contributed by atoms with van der Waals surface area (Å²) in [6, 6.07) is 7.20. The van der Waals surface area contributed by atoms with Crippen molar-refractivity contribution in [3.8, 4) is 0 Å². The van der Waals surface area contributed by atoms with Crippen molar-refractivity contribution in [2.24, 2.45) is 0 Å². The number of carbonyl (C=O) groups excluding carboxylic acids is 1. The van der Waals surface area contributed by atoms with Gasteiger partial charge in [-0.1, -0.05) is 12.1 Å². The van der Waals surface area contributed by atoms with Crippen LogP contribution in [0.25, 0.3) is 0 Å². The molecule has 0 radical (unpaired) electrons. The molecule has 1 unspecified atom stereocenters. The van der Waals surface area contributed by atoms with E-state index < -0.39 is 9.84 Å². The molecule has 138 valence electrons. The molecule has 0 aliphatic carbocycles. The van der Waals surface area contributed by atoms with Gasteiger partial charge in [0.25, 0.3) is 5.91 Å². The minimum absolute atomic E-state index is 0.0834. The second-order valence-corrected chi connectivity index (χ2v) is 8.93. The van der Waals surface area contributed by atoms with E-state index >= 15 is 0 Å². The molecule has 1 aromatic heterocycles. The van der Waals surface area contributed by atoms with Gasteiger partial charge in [-0.05, 0) is 44.4 Å². The van der Waals surface area contributed by atoms with Crippen molar-refractivity contribution in [1.29, 1.82) is 0 Å². The van der Waals surface area contributed by atoms with Gasteiger partial charge >= 0.3 is 0 Å². The monoisotopic (exact) mass is 374 g/mol. The van der Waals surface area contributed by atoms with Crippen LogP contribution in [0.2, 0.25) is 0 Å². The average molecular weight is 374 g/mol. The molecule has 1 fully saturated rings. The van der Waals surface area contributed by atoms with E-state index in [-0.39, 0.29) is 29.1 Å². The molecule has 1 amide bonds. The lowest BCUT2D eigenvalue weighted by Crippen LogP contribution is -2.22. The maximum atomic E-state index is 12.6. The van der Waals surface area contributed by atoms with Crippen LogP contribution in [-0.2, 0) is 9.84 Å². The molecule has 1 aromatic carbocycles. The molecule has 2 N–H and O–H groups in total. The Hall–Kier alpha value is -2.48. The summed E-state index contributed by atoms with van der Waals surface area (Å²) in [6.07, 6.45) is 0.537. The summed E-state index contributed by atoms with van der Waals surface area (Å²) in [6.45, 7) is 5.58. The Balaban J connectivity index is 1.78. The molecule has 7 nitrogen and oxygen atoms in total. The second kappa shape index (κ2) is 7.03. The molecule has 2 heterocycles. The SMILES string of the molecule is Cc1ccc(C)c(NC(=O)c2cc(NC3CCS(=O)(=O)C3)nc(C)n2)c1. The Labute approximate surface area is 153 Å². The lowest BCUT2D eigenvalue weighted by Gasteiger charge is -2.13. The minimum Gasteiger partial charge on any atom is -0.366 e. The van der Waals surface area contributed by atoms with Crippen molar-refractivity contribution < 1.29 is 13.2 Å². The number of benzene rings is 1. The van der Waals surface area contributed by atoms with Gasteiger partial charge < -0.3 is 10.6 Å². The maximum Gasteiger partial charge on any atom is 0.274 e. The normalized spacial score (nSPS) is 18.5. The van der Waals surface area contributed by atoms with E-state index in [1.54, 1.807) is 13.0 Å². The van der Waals surface area contributed by atoms with E-state index in [1.807, 2.05) is 32.0 Å². The third-order valence-electron chi connectivity index (χ3n) is 4.30. The maximum absolute atomic E-state index is 12.6. The van der Waals surface area contributed by atoms with Crippen LogP contribution in [0.15, 0.2) is 24.3 Å². The Morgan fingerprint density at radius 2 is 1.92 bits per heavy atom. The lowest BCUT2D eigenvalue weighted by molar-refractivity contribution is 0.102. The highest BCUT2D eigenvalue weighted by Gasteiger charge is 2.28. The van der Waals surface area contributed by atoms with E-state index in [0.29, 0.717) is 18.1 Å². The van der Waals surface area contributed by atoms with Crippen LogP contribution in [0, 0.1) is 20.8 Å². The number of sulfone groups is 1. The molecule has 1 aliphatic heterocycles. The number of anilines is 2. The van der Waals surface area contributed by atoms with Crippen LogP contribution in [0.1, 0.15) is 33.9 Å². The summed E-state index contributed by atoms with van der Waals surface area (Å²) in [5.74, 6) is 0.841. The van der Waals surface area contributed by atoms with Crippen LogP contribution >= 0.6 is 0 Å². The van der Waals surface area contributed by atoms with Crippen molar-refractivity contribution in [3.05, 3.63) is 46.9 Å². The largest absolute Gasteiger partial charge is 0.366 e. The number of aryl methyl sites for hydroxylation is 3. The third-order valence-corrected chi connectivity index (χ3v) is 6.06. The van der Waals surface area contributed by atoms with Crippen LogP contribution in [-0.4, -0.2) is 41.8 Å². The van der Waals surface area contributed by atoms with Gasteiger partial charge in [0.1, 0.15) is 17.3 Å². The predicted octanol–water partition coefficient (Wildman–Crippen LogP) is 2.25. The highest BCUT2D eigenvalue weighted by atomic mass is 32.2. The molecule has 0 saturated carbocycles. The van der Waals surface area contributed by atoms with E-state index in [0.717, 1.165) is 16.8 Å². The number of aromatic nitrogens is 2.